The number of hydrogen-bond acceptors (Lipinski definition) is 3. The van der Waals surface area contributed by atoms with Crippen molar-refractivity contribution in [1.82, 2.24) is 20.4 Å². The minimum atomic E-state index is 0.636. The van der Waals surface area contributed by atoms with Crippen LogP contribution < -0.4 is 10.6 Å². The Balaban J connectivity index is 2.02. The summed E-state index contributed by atoms with van der Waals surface area (Å²) in [5.41, 5.74) is 0. The lowest BCUT2D eigenvalue weighted by molar-refractivity contribution is 0.232. The normalized spacial score (nSPS) is 17.3. The molecule has 2 N–H and O–H groups in total. The fraction of sp³-hybridized carbons (Fsp3) is 0.941. The van der Waals surface area contributed by atoms with Crippen molar-refractivity contribution < 1.29 is 0 Å². The number of aliphatic imine (C=N–C) groups is 1. The Morgan fingerprint density at radius 3 is 2.41 bits per heavy atom. The van der Waals surface area contributed by atoms with Crippen LogP contribution in [-0.4, -0.2) is 75.2 Å². The SMILES string of the molecule is CN=C(NCCCCN(C)C(C)C)NCCN1CCCCC1. The zero-order chi connectivity index (χ0) is 16.2. The topological polar surface area (TPSA) is 42.9 Å². The van der Waals surface area contributed by atoms with E-state index in [0.29, 0.717) is 6.04 Å². The van der Waals surface area contributed by atoms with E-state index in [-0.39, 0.29) is 0 Å². The smallest absolute Gasteiger partial charge is 0.191 e. The summed E-state index contributed by atoms with van der Waals surface area (Å²) in [6, 6.07) is 0.636. The van der Waals surface area contributed by atoms with Crippen LogP contribution in [-0.2, 0) is 0 Å². The highest BCUT2D eigenvalue weighted by molar-refractivity contribution is 5.79. The van der Waals surface area contributed by atoms with Crippen molar-refractivity contribution in [2.24, 2.45) is 4.99 Å². The summed E-state index contributed by atoms with van der Waals surface area (Å²) in [5.74, 6) is 0.939. The second-order valence-corrected chi connectivity index (χ2v) is 6.61. The number of rotatable bonds is 9. The van der Waals surface area contributed by atoms with Crippen LogP contribution in [0.5, 0.6) is 0 Å². The number of guanidine groups is 1. The van der Waals surface area contributed by atoms with Gasteiger partial charge in [0.2, 0.25) is 0 Å². The number of piperidine rings is 1. The van der Waals surface area contributed by atoms with Gasteiger partial charge < -0.3 is 20.4 Å². The van der Waals surface area contributed by atoms with E-state index in [2.05, 4.69) is 46.3 Å². The van der Waals surface area contributed by atoms with Crippen molar-refractivity contribution in [2.75, 3.05) is 53.4 Å². The van der Waals surface area contributed by atoms with Crippen LogP contribution in [0.1, 0.15) is 46.0 Å². The number of nitrogens with one attached hydrogen (secondary N) is 2. The van der Waals surface area contributed by atoms with Crippen LogP contribution in [0.25, 0.3) is 0 Å². The Bertz CT molecular complexity index is 297. The molecule has 1 rings (SSSR count). The maximum atomic E-state index is 4.30. The molecule has 1 fully saturated rings. The molecular weight excluding hydrogens is 274 g/mol. The summed E-state index contributed by atoms with van der Waals surface area (Å²) >= 11 is 0. The van der Waals surface area contributed by atoms with Crippen molar-refractivity contribution in [2.45, 2.75) is 52.0 Å². The number of nitrogens with zero attached hydrogens (tertiary/aromatic N) is 3. The highest BCUT2D eigenvalue weighted by Crippen LogP contribution is 2.07. The van der Waals surface area contributed by atoms with E-state index in [1.54, 1.807) is 0 Å². The monoisotopic (exact) mass is 311 g/mol. The highest BCUT2D eigenvalue weighted by atomic mass is 15.2. The average molecular weight is 312 g/mol. The van der Waals surface area contributed by atoms with E-state index in [1.807, 2.05) is 7.05 Å². The molecule has 0 aromatic heterocycles. The second kappa shape index (κ2) is 11.7. The number of likely N-dealkylation sites (tertiary alicyclic amines) is 1. The lowest BCUT2D eigenvalue weighted by Crippen LogP contribution is -2.43. The third-order valence-electron chi connectivity index (χ3n) is 4.50. The van der Waals surface area contributed by atoms with Crippen LogP contribution in [0.3, 0.4) is 0 Å². The molecule has 1 saturated heterocycles. The van der Waals surface area contributed by atoms with Crippen LogP contribution in [0, 0.1) is 0 Å². The molecule has 0 bridgehead atoms. The van der Waals surface area contributed by atoms with Gasteiger partial charge in [-0.15, -0.1) is 0 Å². The second-order valence-electron chi connectivity index (χ2n) is 6.61. The molecule has 0 saturated carbocycles. The van der Waals surface area contributed by atoms with Crippen molar-refractivity contribution in [3.05, 3.63) is 0 Å². The van der Waals surface area contributed by atoms with Gasteiger partial charge in [0.1, 0.15) is 0 Å². The van der Waals surface area contributed by atoms with Crippen molar-refractivity contribution in [3.8, 4) is 0 Å². The first-order valence-electron chi connectivity index (χ1n) is 9.00. The quantitative estimate of drug-likeness (QED) is 0.387. The van der Waals surface area contributed by atoms with E-state index in [1.165, 1.54) is 51.7 Å². The Morgan fingerprint density at radius 2 is 1.77 bits per heavy atom. The average Bonchev–Trinajstić information content (AvgIpc) is 2.53. The van der Waals surface area contributed by atoms with Crippen LogP contribution in [0.15, 0.2) is 4.99 Å². The number of hydrogen-bond donors (Lipinski definition) is 2. The van der Waals surface area contributed by atoms with Gasteiger partial charge >= 0.3 is 0 Å². The molecule has 0 aliphatic carbocycles. The molecule has 5 nitrogen and oxygen atoms in total. The van der Waals surface area contributed by atoms with Gasteiger partial charge in [-0.1, -0.05) is 6.42 Å². The Hall–Kier alpha value is -0.810. The molecule has 1 aliphatic rings. The summed E-state index contributed by atoms with van der Waals surface area (Å²) in [6.45, 7) is 11.3. The van der Waals surface area contributed by atoms with E-state index in [9.17, 15) is 0 Å². The van der Waals surface area contributed by atoms with Gasteiger partial charge in [0.15, 0.2) is 5.96 Å². The first-order chi connectivity index (χ1) is 10.6. The third-order valence-corrected chi connectivity index (χ3v) is 4.50. The minimum Gasteiger partial charge on any atom is -0.356 e. The Morgan fingerprint density at radius 1 is 1.09 bits per heavy atom. The molecule has 130 valence electrons. The van der Waals surface area contributed by atoms with Gasteiger partial charge in [-0.25, -0.2) is 0 Å². The molecule has 5 heteroatoms. The van der Waals surface area contributed by atoms with Gasteiger partial charge in [0.05, 0.1) is 0 Å². The molecule has 0 unspecified atom stereocenters. The molecule has 0 atom stereocenters. The number of unbranched alkanes of at least 4 members (excludes halogenated alkanes) is 1. The zero-order valence-electron chi connectivity index (χ0n) is 15.2. The van der Waals surface area contributed by atoms with E-state index in [0.717, 1.165) is 25.6 Å². The summed E-state index contributed by atoms with van der Waals surface area (Å²) in [6.07, 6.45) is 6.53. The maximum Gasteiger partial charge on any atom is 0.191 e. The molecule has 0 aromatic rings. The van der Waals surface area contributed by atoms with Gasteiger partial charge in [-0.05, 0) is 66.2 Å². The van der Waals surface area contributed by atoms with Crippen LogP contribution in [0.2, 0.25) is 0 Å². The molecule has 0 amide bonds. The molecule has 0 aromatic carbocycles. The third kappa shape index (κ3) is 8.59. The fourth-order valence-corrected chi connectivity index (χ4v) is 2.69. The zero-order valence-corrected chi connectivity index (χ0v) is 15.2. The summed E-state index contributed by atoms with van der Waals surface area (Å²) < 4.78 is 0. The van der Waals surface area contributed by atoms with Gasteiger partial charge in [0, 0.05) is 32.7 Å². The standard InChI is InChI=1S/C17H37N5/c1-16(2)21(4)12-9-6-10-19-17(18-3)20-11-15-22-13-7-5-8-14-22/h16H,5-15H2,1-4H3,(H2,18,19,20). The predicted octanol–water partition coefficient (Wildman–Crippen LogP) is 1.76. The van der Waals surface area contributed by atoms with E-state index >= 15 is 0 Å². The molecule has 1 heterocycles. The predicted molar refractivity (Wildman–Crippen MR) is 96.7 cm³/mol. The van der Waals surface area contributed by atoms with Crippen molar-refractivity contribution >= 4 is 5.96 Å². The van der Waals surface area contributed by atoms with Gasteiger partial charge in [0.25, 0.3) is 0 Å². The van der Waals surface area contributed by atoms with Crippen molar-refractivity contribution in [1.29, 1.82) is 0 Å². The largest absolute Gasteiger partial charge is 0.356 e. The summed E-state index contributed by atoms with van der Waals surface area (Å²) in [7, 11) is 4.04. The van der Waals surface area contributed by atoms with Crippen LogP contribution in [0.4, 0.5) is 0 Å². The Labute approximate surface area is 137 Å². The van der Waals surface area contributed by atoms with Gasteiger partial charge in [-0.2, -0.15) is 0 Å². The first kappa shape index (κ1) is 19.2. The summed E-state index contributed by atoms with van der Waals surface area (Å²) in [4.78, 5) is 9.24. The molecule has 1 aliphatic heterocycles. The highest BCUT2D eigenvalue weighted by Gasteiger charge is 2.09. The molecule has 0 radical (unpaired) electrons. The van der Waals surface area contributed by atoms with E-state index < -0.39 is 0 Å². The van der Waals surface area contributed by atoms with Gasteiger partial charge in [-0.3, -0.25) is 4.99 Å². The lowest BCUT2D eigenvalue weighted by Gasteiger charge is -2.26. The van der Waals surface area contributed by atoms with Crippen LogP contribution >= 0.6 is 0 Å². The molecule has 0 spiro atoms. The minimum absolute atomic E-state index is 0.636. The van der Waals surface area contributed by atoms with E-state index in [4.69, 9.17) is 0 Å². The summed E-state index contributed by atoms with van der Waals surface area (Å²) in [5, 5.41) is 6.83. The Kier molecular flexibility index (Phi) is 10.2. The fourth-order valence-electron chi connectivity index (χ4n) is 2.69. The molecular formula is C17H37N5. The maximum absolute atomic E-state index is 4.30. The molecule has 22 heavy (non-hydrogen) atoms. The first-order valence-corrected chi connectivity index (χ1v) is 9.00. The lowest BCUT2D eigenvalue weighted by atomic mass is 10.1. The van der Waals surface area contributed by atoms with Crippen molar-refractivity contribution in [3.63, 3.8) is 0 Å².